The predicted octanol–water partition coefficient (Wildman–Crippen LogP) is 2.93. The first-order chi connectivity index (χ1) is 7.61. The molecule has 0 aliphatic carbocycles. The smallest absolute Gasteiger partial charge is 0.107 e. The maximum Gasteiger partial charge on any atom is 0.107 e. The van der Waals surface area contributed by atoms with Gasteiger partial charge in [-0.25, -0.2) is 4.98 Å². The molecule has 1 heterocycles. The lowest BCUT2D eigenvalue weighted by Crippen LogP contribution is -2.38. The van der Waals surface area contributed by atoms with Crippen molar-refractivity contribution < 1.29 is 0 Å². The minimum atomic E-state index is 0.602. The molecule has 0 fully saturated rings. The minimum absolute atomic E-state index is 0.602. The molecule has 4 heteroatoms. The molecule has 0 atom stereocenters. The van der Waals surface area contributed by atoms with E-state index in [0.717, 1.165) is 18.8 Å². The number of hydrogen-bond acceptors (Lipinski definition) is 2. The lowest BCUT2D eigenvalue weighted by Gasteiger charge is -2.30. The quantitative estimate of drug-likeness (QED) is 0.809. The molecular formula is C12H24ClN3. The lowest BCUT2D eigenvalue weighted by molar-refractivity contribution is 0.176. The monoisotopic (exact) mass is 245 g/mol. The highest BCUT2D eigenvalue weighted by Gasteiger charge is 2.12. The summed E-state index contributed by atoms with van der Waals surface area (Å²) >= 11 is 4.64. The Balaban J connectivity index is 0.00000106. The lowest BCUT2D eigenvalue weighted by atomic mass is 10.2. The van der Waals surface area contributed by atoms with E-state index in [0.29, 0.717) is 12.1 Å². The summed E-state index contributed by atoms with van der Waals surface area (Å²) in [4.78, 5) is 9.83. The van der Waals surface area contributed by atoms with Crippen LogP contribution in [0.5, 0.6) is 0 Å². The van der Waals surface area contributed by atoms with E-state index in [1.165, 1.54) is 6.38 Å². The topological polar surface area (TPSA) is 31.9 Å². The van der Waals surface area contributed by atoms with Crippen molar-refractivity contribution in [3.8, 4) is 0 Å². The Labute approximate surface area is 104 Å². The highest BCUT2D eigenvalue weighted by atomic mass is 35.5. The van der Waals surface area contributed by atoms with E-state index in [1.54, 1.807) is 0 Å². The fourth-order valence-electron chi connectivity index (χ4n) is 1.78. The fraction of sp³-hybridized carbons (Fsp3) is 0.750. The number of halogens is 1. The van der Waals surface area contributed by atoms with Gasteiger partial charge in [0.05, 0.1) is 0 Å². The molecule has 1 aromatic rings. The maximum absolute atomic E-state index is 4.64. The molecule has 0 amide bonds. The van der Waals surface area contributed by atoms with Crippen LogP contribution in [0.15, 0.2) is 12.4 Å². The third-order valence-electron chi connectivity index (χ3n) is 2.49. The van der Waals surface area contributed by atoms with Gasteiger partial charge in [-0.2, -0.15) is 0 Å². The van der Waals surface area contributed by atoms with Gasteiger partial charge in [0.25, 0.3) is 0 Å². The van der Waals surface area contributed by atoms with Crippen LogP contribution in [0.25, 0.3) is 0 Å². The Morgan fingerprint density at radius 2 is 1.81 bits per heavy atom. The molecule has 1 aromatic heterocycles. The van der Waals surface area contributed by atoms with Crippen molar-refractivity contribution in [3.63, 3.8) is 0 Å². The molecule has 0 saturated carbocycles. The van der Waals surface area contributed by atoms with Crippen molar-refractivity contribution in [1.29, 1.82) is 0 Å². The van der Waals surface area contributed by atoms with E-state index in [9.17, 15) is 0 Å². The van der Waals surface area contributed by atoms with Crippen molar-refractivity contribution in [2.75, 3.05) is 12.9 Å². The maximum atomic E-state index is 4.64. The standard InChI is InChI=1S/C11H21N3.CH3Cl/c1-9(2)14(10(3)4)8-5-11-12-6-7-13-11;1-2/h6-7,9-10H,5,8H2,1-4H3,(H,12,13);1H3. The number of aromatic amines is 1. The molecule has 0 unspecified atom stereocenters. The second-order valence-corrected chi connectivity index (χ2v) is 4.21. The van der Waals surface area contributed by atoms with Crippen molar-refractivity contribution in [2.24, 2.45) is 0 Å². The first kappa shape index (κ1) is 15.5. The molecule has 1 rings (SSSR count). The van der Waals surface area contributed by atoms with E-state index in [2.05, 4.69) is 54.2 Å². The van der Waals surface area contributed by atoms with E-state index >= 15 is 0 Å². The van der Waals surface area contributed by atoms with Crippen molar-refractivity contribution in [1.82, 2.24) is 14.9 Å². The number of imidazole rings is 1. The molecule has 0 bridgehead atoms. The first-order valence-electron chi connectivity index (χ1n) is 5.73. The van der Waals surface area contributed by atoms with Crippen molar-refractivity contribution in [2.45, 2.75) is 46.2 Å². The minimum Gasteiger partial charge on any atom is -0.349 e. The van der Waals surface area contributed by atoms with Crippen LogP contribution in [0, 0.1) is 0 Å². The van der Waals surface area contributed by atoms with Gasteiger partial charge in [0.2, 0.25) is 0 Å². The van der Waals surface area contributed by atoms with Crippen LogP contribution >= 0.6 is 11.6 Å². The van der Waals surface area contributed by atoms with Crippen LogP contribution in [-0.2, 0) is 6.42 Å². The van der Waals surface area contributed by atoms with Gasteiger partial charge in [-0.05, 0) is 27.7 Å². The van der Waals surface area contributed by atoms with Crippen LogP contribution in [0.1, 0.15) is 33.5 Å². The van der Waals surface area contributed by atoms with Gasteiger partial charge in [0, 0.05) is 43.8 Å². The molecule has 0 saturated heterocycles. The number of nitrogens with zero attached hydrogens (tertiary/aromatic N) is 2. The summed E-state index contributed by atoms with van der Waals surface area (Å²) in [6.45, 7) is 10.0. The predicted molar refractivity (Wildman–Crippen MR) is 71.0 cm³/mol. The van der Waals surface area contributed by atoms with Crippen molar-refractivity contribution >= 4 is 11.6 Å². The van der Waals surface area contributed by atoms with Gasteiger partial charge in [-0.3, -0.25) is 4.90 Å². The molecular weight excluding hydrogens is 222 g/mol. The molecule has 0 aliphatic heterocycles. The third-order valence-corrected chi connectivity index (χ3v) is 2.49. The van der Waals surface area contributed by atoms with E-state index in [4.69, 9.17) is 0 Å². The molecule has 1 N–H and O–H groups in total. The van der Waals surface area contributed by atoms with Crippen LogP contribution in [0.2, 0.25) is 0 Å². The average molecular weight is 246 g/mol. The number of hydrogen-bond donors (Lipinski definition) is 1. The van der Waals surface area contributed by atoms with Gasteiger partial charge in [0.1, 0.15) is 5.82 Å². The summed E-state index contributed by atoms with van der Waals surface area (Å²) in [7, 11) is 0. The molecule has 94 valence electrons. The summed E-state index contributed by atoms with van der Waals surface area (Å²) in [5.74, 6) is 1.08. The fourth-order valence-corrected chi connectivity index (χ4v) is 1.78. The number of aromatic nitrogens is 2. The van der Waals surface area contributed by atoms with Gasteiger partial charge in [-0.1, -0.05) is 0 Å². The van der Waals surface area contributed by atoms with E-state index < -0.39 is 0 Å². The molecule has 0 spiro atoms. The van der Waals surface area contributed by atoms with Gasteiger partial charge in [0.15, 0.2) is 0 Å². The highest BCUT2D eigenvalue weighted by molar-refractivity contribution is 6.15. The van der Waals surface area contributed by atoms with Crippen LogP contribution in [0.4, 0.5) is 0 Å². The average Bonchev–Trinajstić information content (AvgIpc) is 2.73. The molecule has 0 radical (unpaired) electrons. The summed E-state index contributed by atoms with van der Waals surface area (Å²) in [5, 5.41) is 0. The molecule has 16 heavy (non-hydrogen) atoms. The highest BCUT2D eigenvalue weighted by Crippen LogP contribution is 2.05. The van der Waals surface area contributed by atoms with Crippen LogP contribution in [0.3, 0.4) is 0 Å². The SMILES string of the molecule is CC(C)N(CCc1ncc[nH]1)C(C)C.CCl. The van der Waals surface area contributed by atoms with Crippen molar-refractivity contribution in [3.05, 3.63) is 18.2 Å². The number of alkyl halides is 1. The molecule has 0 aliphatic rings. The third kappa shape index (κ3) is 5.52. The summed E-state index contributed by atoms with van der Waals surface area (Å²) in [6.07, 6.45) is 6.16. The zero-order chi connectivity index (χ0) is 12.6. The first-order valence-corrected chi connectivity index (χ1v) is 6.48. The second-order valence-electron chi connectivity index (χ2n) is 4.21. The summed E-state index contributed by atoms with van der Waals surface area (Å²) < 4.78 is 0. The van der Waals surface area contributed by atoms with Crippen LogP contribution < -0.4 is 0 Å². The molecule has 0 aromatic carbocycles. The largest absolute Gasteiger partial charge is 0.349 e. The Morgan fingerprint density at radius 3 is 2.19 bits per heavy atom. The zero-order valence-electron chi connectivity index (χ0n) is 11.0. The van der Waals surface area contributed by atoms with Gasteiger partial charge in [-0.15, -0.1) is 11.6 Å². The zero-order valence-corrected chi connectivity index (χ0v) is 11.8. The normalized spacial score (nSPS) is 10.8. The summed E-state index contributed by atoms with van der Waals surface area (Å²) in [5.41, 5.74) is 0. The Bertz CT molecular complexity index is 237. The Morgan fingerprint density at radius 1 is 1.25 bits per heavy atom. The second kappa shape index (κ2) is 8.59. The number of H-pyrrole nitrogens is 1. The summed E-state index contributed by atoms with van der Waals surface area (Å²) in [6, 6.07) is 1.20. The Kier molecular flexibility index (Phi) is 8.30. The Hall–Kier alpha value is -0.540. The van der Waals surface area contributed by atoms with Gasteiger partial charge < -0.3 is 4.98 Å². The van der Waals surface area contributed by atoms with E-state index in [1.807, 2.05) is 12.4 Å². The molecule has 3 nitrogen and oxygen atoms in total. The van der Waals surface area contributed by atoms with Gasteiger partial charge >= 0.3 is 0 Å². The van der Waals surface area contributed by atoms with E-state index in [-0.39, 0.29) is 0 Å². The number of rotatable bonds is 5. The number of nitrogens with one attached hydrogen (secondary N) is 1. The van der Waals surface area contributed by atoms with Crippen LogP contribution in [-0.4, -0.2) is 39.9 Å².